The van der Waals surface area contributed by atoms with Gasteiger partial charge < -0.3 is 10.6 Å². The highest BCUT2D eigenvalue weighted by Crippen LogP contribution is 2.32. The molecule has 14 heavy (non-hydrogen) atoms. The summed E-state index contributed by atoms with van der Waals surface area (Å²) in [4.78, 5) is 2.57. The molecular weight excluding hydrogens is 172 g/mol. The summed E-state index contributed by atoms with van der Waals surface area (Å²) in [7, 11) is 0. The summed E-state index contributed by atoms with van der Waals surface area (Å²) in [5.41, 5.74) is 6.45. The molecule has 82 valence electrons. The maximum atomic E-state index is 6.27. The second kappa shape index (κ2) is 4.19. The van der Waals surface area contributed by atoms with Gasteiger partial charge in [-0.3, -0.25) is 0 Å². The summed E-state index contributed by atoms with van der Waals surface area (Å²) in [5.74, 6) is 0.985. The third kappa shape index (κ3) is 2.29. The predicted molar refractivity (Wildman–Crippen MR) is 60.2 cm³/mol. The molecule has 2 aliphatic rings. The third-order valence-electron chi connectivity index (χ3n) is 4.08. The van der Waals surface area contributed by atoms with Gasteiger partial charge in [0.05, 0.1) is 0 Å². The molecule has 0 saturated heterocycles. The smallest absolute Gasteiger partial charge is 0.0283 e. The molecule has 0 atom stereocenters. The zero-order chi connectivity index (χ0) is 10.0. The SMILES string of the molecule is CCN(CC1CCC1)CC1(N)CCC1. The second-order valence-corrected chi connectivity index (χ2v) is 5.34. The molecule has 2 rings (SSSR count). The number of hydrogen-bond acceptors (Lipinski definition) is 2. The zero-order valence-corrected chi connectivity index (χ0v) is 9.47. The molecule has 0 unspecified atom stereocenters. The summed E-state index contributed by atoms with van der Waals surface area (Å²) >= 11 is 0. The first-order valence-corrected chi connectivity index (χ1v) is 6.23. The minimum Gasteiger partial charge on any atom is -0.324 e. The predicted octanol–water partition coefficient (Wildman–Crippen LogP) is 1.99. The van der Waals surface area contributed by atoms with Crippen LogP contribution in [0, 0.1) is 5.92 Å². The van der Waals surface area contributed by atoms with Crippen LogP contribution in [0.4, 0.5) is 0 Å². The molecule has 2 heteroatoms. The molecule has 0 spiro atoms. The Balaban J connectivity index is 1.74. The van der Waals surface area contributed by atoms with Crippen LogP contribution in [0.2, 0.25) is 0 Å². The van der Waals surface area contributed by atoms with Gasteiger partial charge in [0, 0.05) is 18.6 Å². The molecule has 2 saturated carbocycles. The van der Waals surface area contributed by atoms with E-state index in [-0.39, 0.29) is 5.54 Å². The number of nitrogens with two attached hydrogens (primary N) is 1. The minimum atomic E-state index is 0.180. The maximum absolute atomic E-state index is 6.27. The molecular formula is C12H24N2. The Kier molecular flexibility index (Phi) is 3.13. The fourth-order valence-corrected chi connectivity index (χ4v) is 2.58. The van der Waals surface area contributed by atoms with Crippen molar-refractivity contribution in [2.24, 2.45) is 11.7 Å². The summed E-state index contributed by atoms with van der Waals surface area (Å²) in [6, 6.07) is 0. The van der Waals surface area contributed by atoms with Gasteiger partial charge in [-0.25, -0.2) is 0 Å². The highest BCUT2D eigenvalue weighted by molar-refractivity contribution is 4.95. The van der Waals surface area contributed by atoms with Crippen molar-refractivity contribution in [3.05, 3.63) is 0 Å². The fraction of sp³-hybridized carbons (Fsp3) is 1.00. The van der Waals surface area contributed by atoms with Gasteiger partial charge in [-0.15, -0.1) is 0 Å². The molecule has 2 N–H and O–H groups in total. The van der Waals surface area contributed by atoms with E-state index in [0.717, 1.165) is 12.5 Å². The molecule has 0 aliphatic heterocycles. The van der Waals surface area contributed by atoms with Crippen molar-refractivity contribution in [1.29, 1.82) is 0 Å². The van der Waals surface area contributed by atoms with Gasteiger partial charge in [-0.2, -0.15) is 0 Å². The van der Waals surface area contributed by atoms with E-state index in [4.69, 9.17) is 5.73 Å². The highest BCUT2D eigenvalue weighted by Gasteiger charge is 2.34. The zero-order valence-electron chi connectivity index (χ0n) is 9.47. The van der Waals surface area contributed by atoms with Crippen molar-refractivity contribution in [2.75, 3.05) is 19.6 Å². The van der Waals surface area contributed by atoms with Crippen LogP contribution >= 0.6 is 0 Å². The van der Waals surface area contributed by atoms with Crippen molar-refractivity contribution >= 4 is 0 Å². The summed E-state index contributed by atoms with van der Waals surface area (Å²) in [6.45, 7) is 5.88. The lowest BCUT2D eigenvalue weighted by Crippen LogP contribution is -2.55. The number of rotatable bonds is 5. The van der Waals surface area contributed by atoms with E-state index in [1.54, 1.807) is 0 Å². The van der Waals surface area contributed by atoms with Gasteiger partial charge in [0.15, 0.2) is 0 Å². The first-order valence-electron chi connectivity index (χ1n) is 6.23. The van der Waals surface area contributed by atoms with Crippen molar-refractivity contribution in [2.45, 2.75) is 51.0 Å². The van der Waals surface area contributed by atoms with Gasteiger partial charge in [0.1, 0.15) is 0 Å². The lowest BCUT2D eigenvalue weighted by Gasteiger charge is -2.43. The van der Waals surface area contributed by atoms with Crippen LogP contribution in [0.5, 0.6) is 0 Å². The normalized spacial score (nSPS) is 25.9. The Morgan fingerprint density at radius 3 is 2.36 bits per heavy atom. The average molecular weight is 196 g/mol. The van der Waals surface area contributed by atoms with E-state index in [1.165, 1.54) is 51.6 Å². The molecule has 0 aromatic heterocycles. The molecule has 2 fully saturated rings. The van der Waals surface area contributed by atoms with E-state index < -0.39 is 0 Å². The van der Waals surface area contributed by atoms with Crippen molar-refractivity contribution in [3.63, 3.8) is 0 Å². The maximum Gasteiger partial charge on any atom is 0.0283 e. The van der Waals surface area contributed by atoms with Gasteiger partial charge in [-0.05, 0) is 44.6 Å². The summed E-state index contributed by atoms with van der Waals surface area (Å²) in [5, 5.41) is 0. The molecule has 0 bridgehead atoms. The van der Waals surface area contributed by atoms with E-state index in [9.17, 15) is 0 Å². The topological polar surface area (TPSA) is 29.3 Å². The van der Waals surface area contributed by atoms with Crippen LogP contribution in [0.15, 0.2) is 0 Å². The van der Waals surface area contributed by atoms with E-state index in [2.05, 4.69) is 11.8 Å². The standard InChI is InChI=1S/C12H24N2/c1-2-14(9-11-5-3-6-11)10-12(13)7-4-8-12/h11H,2-10,13H2,1H3. The first kappa shape index (κ1) is 10.4. The first-order chi connectivity index (χ1) is 6.72. The van der Waals surface area contributed by atoms with E-state index >= 15 is 0 Å². The minimum absolute atomic E-state index is 0.180. The quantitative estimate of drug-likeness (QED) is 0.728. The molecule has 0 aromatic carbocycles. The molecule has 2 aliphatic carbocycles. The Morgan fingerprint density at radius 1 is 1.29 bits per heavy atom. The van der Waals surface area contributed by atoms with Gasteiger partial charge in [0.25, 0.3) is 0 Å². The van der Waals surface area contributed by atoms with Crippen LogP contribution in [0.1, 0.15) is 45.4 Å². The Morgan fingerprint density at radius 2 is 2.00 bits per heavy atom. The summed E-state index contributed by atoms with van der Waals surface area (Å²) in [6.07, 6.45) is 8.19. The molecule has 0 heterocycles. The third-order valence-corrected chi connectivity index (χ3v) is 4.08. The van der Waals surface area contributed by atoms with Crippen LogP contribution in [0.25, 0.3) is 0 Å². The molecule has 0 radical (unpaired) electrons. The van der Waals surface area contributed by atoms with E-state index in [1.807, 2.05) is 0 Å². The van der Waals surface area contributed by atoms with Crippen LogP contribution < -0.4 is 5.73 Å². The Labute approximate surface area is 87.8 Å². The number of nitrogens with zero attached hydrogens (tertiary/aromatic N) is 1. The van der Waals surface area contributed by atoms with Crippen LogP contribution in [0.3, 0.4) is 0 Å². The van der Waals surface area contributed by atoms with Gasteiger partial charge in [-0.1, -0.05) is 13.3 Å². The van der Waals surface area contributed by atoms with Crippen LogP contribution in [-0.4, -0.2) is 30.1 Å². The average Bonchev–Trinajstić information content (AvgIpc) is 2.06. The van der Waals surface area contributed by atoms with Gasteiger partial charge >= 0.3 is 0 Å². The van der Waals surface area contributed by atoms with Crippen LogP contribution in [-0.2, 0) is 0 Å². The molecule has 2 nitrogen and oxygen atoms in total. The number of hydrogen-bond donors (Lipinski definition) is 1. The Hall–Kier alpha value is -0.0800. The lowest BCUT2D eigenvalue weighted by molar-refractivity contribution is 0.115. The summed E-state index contributed by atoms with van der Waals surface area (Å²) < 4.78 is 0. The fourth-order valence-electron chi connectivity index (χ4n) is 2.58. The van der Waals surface area contributed by atoms with E-state index in [0.29, 0.717) is 0 Å². The number of likely N-dealkylation sites (N-methyl/N-ethyl adjacent to an activating group) is 1. The largest absolute Gasteiger partial charge is 0.324 e. The van der Waals surface area contributed by atoms with Crippen molar-refractivity contribution < 1.29 is 0 Å². The van der Waals surface area contributed by atoms with Crippen molar-refractivity contribution in [1.82, 2.24) is 4.90 Å². The highest BCUT2D eigenvalue weighted by atomic mass is 15.1. The molecule has 0 aromatic rings. The monoisotopic (exact) mass is 196 g/mol. The lowest BCUT2D eigenvalue weighted by atomic mass is 9.77. The molecule has 0 amide bonds. The second-order valence-electron chi connectivity index (χ2n) is 5.34. The Bertz CT molecular complexity index is 183. The van der Waals surface area contributed by atoms with Gasteiger partial charge in [0.2, 0.25) is 0 Å². The van der Waals surface area contributed by atoms with Crippen molar-refractivity contribution in [3.8, 4) is 0 Å².